The van der Waals surface area contributed by atoms with Gasteiger partial charge in [0.15, 0.2) is 0 Å². The van der Waals surface area contributed by atoms with E-state index in [1.165, 1.54) is 0 Å². The van der Waals surface area contributed by atoms with E-state index in [2.05, 4.69) is 15.3 Å². The van der Waals surface area contributed by atoms with Crippen molar-refractivity contribution in [3.05, 3.63) is 46.0 Å². The van der Waals surface area contributed by atoms with Crippen LogP contribution in [0.5, 0.6) is 5.88 Å². The maximum Gasteiger partial charge on any atom is 0.416 e. The minimum Gasteiger partial charge on any atom is -0.493 e. The molecule has 5 nitrogen and oxygen atoms in total. The van der Waals surface area contributed by atoms with Gasteiger partial charge in [-0.1, -0.05) is 0 Å². The van der Waals surface area contributed by atoms with Crippen molar-refractivity contribution >= 4 is 11.6 Å². The van der Waals surface area contributed by atoms with E-state index in [1.807, 2.05) is 0 Å². The zero-order chi connectivity index (χ0) is 14.9. The summed E-state index contributed by atoms with van der Waals surface area (Å²) in [4.78, 5) is 16.5. The van der Waals surface area contributed by atoms with Gasteiger partial charge in [0.05, 0.1) is 17.3 Å². The highest BCUT2D eigenvalue weighted by Gasteiger charge is 2.31. The molecule has 0 fully saturated rings. The topological polar surface area (TPSA) is 78.0 Å². The van der Waals surface area contributed by atoms with E-state index in [-0.39, 0.29) is 5.95 Å². The number of halogens is 4. The monoisotopic (exact) mass is 289 g/mol. The number of hydrogen-bond acceptors (Lipinski definition) is 4. The summed E-state index contributed by atoms with van der Waals surface area (Å²) in [6.07, 6.45) is -4.64. The first-order chi connectivity index (χ1) is 9.25. The molecular formula is C11H7F4N3O2. The minimum absolute atomic E-state index is 0.381. The molecule has 106 valence electrons. The molecule has 9 heteroatoms. The van der Waals surface area contributed by atoms with Crippen LogP contribution in [0.15, 0.2) is 29.1 Å². The maximum absolute atomic E-state index is 13.4. The molecule has 0 spiro atoms. The summed E-state index contributed by atoms with van der Waals surface area (Å²) in [7, 11) is 0. The van der Waals surface area contributed by atoms with E-state index >= 15 is 0 Å². The molecule has 0 unspecified atom stereocenters. The lowest BCUT2D eigenvalue weighted by molar-refractivity contribution is -0.137. The number of H-pyrrole nitrogens is 1. The number of anilines is 2. The average molecular weight is 289 g/mol. The highest BCUT2D eigenvalue weighted by atomic mass is 19.4. The number of nitrogens with one attached hydrogen (secondary N) is 2. The lowest BCUT2D eigenvalue weighted by Gasteiger charge is -2.11. The fraction of sp³-hybridized carbons (Fsp3) is 0.0909. The van der Waals surface area contributed by atoms with Crippen molar-refractivity contribution in [3.63, 3.8) is 0 Å². The number of rotatable bonds is 2. The molecule has 0 radical (unpaired) electrons. The van der Waals surface area contributed by atoms with Crippen molar-refractivity contribution in [3.8, 4) is 5.88 Å². The Balaban J connectivity index is 2.40. The molecule has 1 aromatic carbocycles. The van der Waals surface area contributed by atoms with Crippen LogP contribution in [0.1, 0.15) is 5.56 Å². The van der Waals surface area contributed by atoms with Crippen LogP contribution in [-0.2, 0) is 6.18 Å². The zero-order valence-electron chi connectivity index (χ0n) is 9.62. The van der Waals surface area contributed by atoms with Gasteiger partial charge in [0, 0.05) is 0 Å². The van der Waals surface area contributed by atoms with Crippen LogP contribution in [0.3, 0.4) is 0 Å². The van der Waals surface area contributed by atoms with Crippen molar-refractivity contribution < 1.29 is 22.7 Å². The molecule has 2 rings (SSSR count). The second-order valence-electron chi connectivity index (χ2n) is 3.77. The largest absolute Gasteiger partial charge is 0.493 e. The van der Waals surface area contributed by atoms with Crippen LogP contribution in [0.2, 0.25) is 0 Å². The number of alkyl halides is 3. The van der Waals surface area contributed by atoms with Gasteiger partial charge in [-0.25, -0.2) is 4.39 Å². The Morgan fingerprint density at radius 1 is 1.25 bits per heavy atom. The molecule has 0 aliphatic heterocycles. The Kier molecular flexibility index (Phi) is 3.35. The fourth-order valence-corrected chi connectivity index (χ4v) is 1.43. The van der Waals surface area contributed by atoms with Crippen LogP contribution in [0, 0.1) is 5.82 Å². The summed E-state index contributed by atoms with van der Waals surface area (Å²) in [6.45, 7) is 0. The Morgan fingerprint density at radius 2 is 1.95 bits per heavy atom. The number of aromatic nitrogens is 2. The van der Waals surface area contributed by atoms with Crippen molar-refractivity contribution in [1.29, 1.82) is 0 Å². The molecule has 0 bridgehead atoms. The summed E-state index contributed by atoms with van der Waals surface area (Å²) in [5, 5.41) is 11.2. The molecule has 0 saturated heterocycles. The maximum atomic E-state index is 13.4. The zero-order valence-corrected chi connectivity index (χ0v) is 9.62. The van der Waals surface area contributed by atoms with E-state index in [1.54, 1.807) is 0 Å². The van der Waals surface area contributed by atoms with Crippen molar-refractivity contribution in [2.24, 2.45) is 0 Å². The van der Waals surface area contributed by atoms with E-state index in [0.717, 1.165) is 6.07 Å². The lowest BCUT2D eigenvalue weighted by atomic mass is 10.2. The summed E-state index contributed by atoms with van der Waals surface area (Å²) in [6, 6.07) is 2.50. The van der Waals surface area contributed by atoms with E-state index in [9.17, 15) is 22.4 Å². The molecule has 3 N–H and O–H groups in total. The number of benzene rings is 1. The van der Waals surface area contributed by atoms with Gasteiger partial charge < -0.3 is 10.4 Å². The van der Waals surface area contributed by atoms with Gasteiger partial charge >= 0.3 is 6.18 Å². The van der Waals surface area contributed by atoms with Gasteiger partial charge in [-0.3, -0.25) is 9.78 Å². The summed E-state index contributed by atoms with van der Waals surface area (Å²) >= 11 is 0. The second kappa shape index (κ2) is 4.83. The standard InChI is InChI=1S/C11H7F4N3O2/c12-6-2-1-5(11(13,14)15)3-7(6)16-10-17-8(19)4-9(20)18-10/h1-4H,(H3,16,17,18,19,20). The Hall–Kier alpha value is -2.58. The van der Waals surface area contributed by atoms with Crippen molar-refractivity contribution in [2.75, 3.05) is 5.32 Å². The lowest BCUT2D eigenvalue weighted by Crippen LogP contribution is -2.10. The predicted molar refractivity (Wildman–Crippen MR) is 61.2 cm³/mol. The number of aromatic amines is 1. The first kappa shape index (κ1) is 13.8. The molecule has 1 aromatic heterocycles. The normalized spacial score (nSPS) is 11.4. The molecule has 0 aliphatic carbocycles. The smallest absolute Gasteiger partial charge is 0.416 e. The molecule has 0 aliphatic rings. The molecule has 0 atom stereocenters. The number of aromatic hydroxyl groups is 1. The van der Waals surface area contributed by atoms with Crippen LogP contribution in [0.4, 0.5) is 29.2 Å². The Morgan fingerprint density at radius 3 is 2.55 bits per heavy atom. The molecule has 0 saturated carbocycles. The summed E-state index contributed by atoms with van der Waals surface area (Å²) in [5.74, 6) is -2.00. The van der Waals surface area contributed by atoms with E-state index < -0.39 is 34.7 Å². The SMILES string of the molecule is O=c1cc(O)nc(Nc2cc(C(F)(F)F)ccc2F)[nH]1. The van der Waals surface area contributed by atoms with Crippen LogP contribution >= 0.6 is 0 Å². The number of nitrogens with zero attached hydrogens (tertiary/aromatic N) is 1. The third-order valence-corrected chi connectivity index (χ3v) is 2.27. The molecular weight excluding hydrogens is 282 g/mol. The molecule has 1 heterocycles. The Labute approximate surface area is 108 Å². The van der Waals surface area contributed by atoms with Gasteiger partial charge in [0.1, 0.15) is 5.82 Å². The van der Waals surface area contributed by atoms with Crippen LogP contribution in [-0.4, -0.2) is 15.1 Å². The van der Waals surface area contributed by atoms with Crippen molar-refractivity contribution in [2.45, 2.75) is 6.18 Å². The van der Waals surface area contributed by atoms with Crippen LogP contribution < -0.4 is 10.9 Å². The highest BCUT2D eigenvalue weighted by Crippen LogP contribution is 2.32. The highest BCUT2D eigenvalue weighted by molar-refractivity contribution is 5.56. The fourth-order valence-electron chi connectivity index (χ4n) is 1.43. The minimum atomic E-state index is -4.64. The van der Waals surface area contributed by atoms with Gasteiger partial charge in [-0.2, -0.15) is 18.2 Å². The summed E-state index contributed by atoms with van der Waals surface area (Å²) in [5.41, 5.74) is -2.34. The summed E-state index contributed by atoms with van der Waals surface area (Å²) < 4.78 is 50.9. The van der Waals surface area contributed by atoms with E-state index in [0.29, 0.717) is 18.2 Å². The molecule has 2 aromatic rings. The quantitative estimate of drug-likeness (QED) is 0.742. The van der Waals surface area contributed by atoms with E-state index in [4.69, 9.17) is 5.11 Å². The Bertz CT molecular complexity index is 697. The van der Waals surface area contributed by atoms with Crippen LogP contribution in [0.25, 0.3) is 0 Å². The number of hydrogen-bond donors (Lipinski definition) is 3. The first-order valence-corrected chi connectivity index (χ1v) is 5.20. The van der Waals surface area contributed by atoms with Gasteiger partial charge in [-0.05, 0) is 18.2 Å². The second-order valence-corrected chi connectivity index (χ2v) is 3.77. The molecule has 0 amide bonds. The first-order valence-electron chi connectivity index (χ1n) is 5.20. The third-order valence-electron chi connectivity index (χ3n) is 2.27. The molecule has 20 heavy (non-hydrogen) atoms. The third kappa shape index (κ3) is 3.05. The van der Waals surface area contributed by atoms with Gasteiger partial charge in [-0.15, -0.1) is 0 Å². The van der Waals surface area contributed by atoms with Gasteiger partial charge in [0.2, 0.25) is 11.8 Å². The van der Waals surface area contributed by atoms with Gasteiger partial charge in [0.25, 0.3) is 5.56 Å². The average Bonchev–Trinajstić information content (AvgIpc) is 2.29. The predicted octanol–water partition coefficient (Wildman–Crippen LogP) is 2.38. The van der Waals surface area contributed by atoms with Crippen molar-refractivity contribution in [1.82, 2.24) is 9.97 Å².